The minimum atomic E-state index is -0.187. The van der Waals surface area contributed by atoms with E-state index >= 15 is 0 Å². The van der Waals surface area contributed by atoms with Gasteiger partial charge in [0, 0.05) is 41.1 Å². The van der Waals surface area contributed by atoms with Crippen molar-refractivity contribution in [2.45, 2.75) is 6.92 Å². The molecule has 7 heteroatoms. The smallest absolute Gasteiger partial charge is 0.293 e. The summed E-state index contributed by atoms with van der Waals surface area (Å²) in [6.07, 6.45) is 3.50. The van der Waals surface area contributed by atoms with E-state index in [1.165, 1.54) is 0 Å². The molecule has 5 aromatic rings. The third-order valence-electron chi connectivity index (χ3n) is 4.83. The molecule has 0 amide bonds. The lowest BCUT2D eigenvalue weighted by Gasteiger charge is -2.10. The summed E-state index contributed by atoms with van der Waals surface area (Å²) in [6, 6.07) is 14.0. The van der Waals surface area contributed by atoms with Crippen LogP contribution in [0.25, 0.3) is 33.1 Å². The van der Waals surface area contributed by atoms with Crippen LogP contribution < -0.4 is 10.9 Å². The van der Waals surface area contributed by atoms with Crippen LogP contribution >= 0.6 is 0 Å². The molecule has 138 valence electrons. The number of fused-ring (bicyclic) bond motifs is 2. The molecule has 0 saturated carbocycles. The van der Waals surface area contributed by atoms with Gasteiger partial charge in [0.25, 0.3) is 5.56 Å². The Morgan fingerprint density at radius 3 is 2.82 bits per heavy atom. The summed E-state index contributed by atoms with van der Waals surface area (Å²) in [5.41, 5.74) is 5.36. The van der Waals surface area contributed by atoms with E-state index in [1.54, 1.807) is 24.0 Å². The van der Waals surface area contributed by atoms with Gasteiger partial charge in [-0.25, -0.2) is 4.98 Å². The van der Waals surface area contributed by atoms with E-state index in [-0.39, 0.29) is 11.4 Å². The van der Waals surface area contributed by atoms with Crippen molar-refractivity contribution >= 4 is 33.3 Å². The number of anilines is 2. The normalized spacial score (nSPS) is 11.4. The topological polar surface area (TPSA) is 91.4 Å². The highest BCUT2D eigenvalue weighted by Gasteiger charge is 2.10. The van der Waals surface area contributed by atoms with Crippen molar-refractivity contribution in [1.82, 2.24) is 24.7 Å². The number of rotatable bonds is 3. The highest BCUT2D eigenvalue weighted by molar-refractivity contribution is 5.85. The van der Waals surface area contributed by atoms with Crippen LogP contribution in [-0.4, -0.2) is 24.7 Å². The molecule has 3 heterocycles. The number of nitrogens with zero attached hydrogens (tertiary/aromatic N) is 3. The summed E-state index contributed by atoms with van der Waals surface area (Å²) >= 11 is 0. The SMILES string of the molecule is Cc1cc2ccc(-c3cn(C)c(=O)c(Nc4ccc5[nH]ncc5c4)n3)cc2[nH]1. The average molecular weight is 370 g/mol. The molecule has 2 aromatic carbocycles. The van der Waals surface area contributed by atoms with Crippen LogP contribution in [0.1, 0.15) is 5.69 Å². The standard InChI is InChI=1S/C21H18N6O/c1-12-7-13-3-4-14(9-18(13)23-12)19-11-27(2)21(28)20(25-19)24-16-5-6-17-15(8-16)10-22-26-17/h3-11,23H,1-2H3,(H,22,26)(H,24,25). The fraction of sp³-hybridized carbons (Fsp3) is 0.0952. The van der Waals surface area contributed by atoms with Gasteiger partial charge in [0.05, 0.1) is 17.4 Å². The fourth-order valence-electron chi connectivity index (χ4n) is 3.42. The molecule has 0 aliphatic carbocycles. The maximum atomic E-state index is 12.6. The number of aromatic amines is 2. The number of nitrogens with one attached hydrogen (secondary N) is 3. The number of H-pyrrole nitrogens is 2. The lowest BCUT2D eigenvalue weighted by Crippen LogP contribution is -2.21. The number of hydrogen-bond donors (Lipinski definition) is 3. The molecular formula is C21H18N6O. The molecule has 28 heavy (non-hydrogen) atoms. The maximum absolute atomic E-state index is 12.6. The van der Waals surface area contributed by atoms with Gasteiger partial charge in [-0.3, -0.25) is 9.89 Å². The second-order valence-corrected chi connectivity index (χ2v) is 6.94. The average Bonchev–Trinajstić information content (AvgIpc) is 3.29. The van der Waals surface area contributed by atoms with Crippen LogP contribution in [0.4, 0.5) is 11.5 Å². The molecule has 0 aliphatic heterocycles. The molecule has 3 N–H and O–H groups in total. The van der Waals surface area contributed by atoms with Gasteiger partial charge in [-0.2, -0.15) is 5.10 Å². The molecule has 0 unspecified atom stereocenters. The highest BCUT2D eigenvalue weighted by atomic mass is 16.1. The largest absolute Gasteiger partial charge is 0.359 e. The minimum absolute atomic E-state index is 0.187. The number of hydrogen-bond acceptors (Lipinski definition) is 4. The third-order valence-corrected chi connectivity index (χ3v) is 4.83. The zero-order chi connectivity index (χ0) is 19.3. The minimum Gasteiger partial charge on any atom is -0.359 e. The van der Waals surface area contributed by atoms with Crippen molar-refractivity contribution in [1.29, 1.82) is 0 Å². The molecule has 0 spiro atoms. The lowest BCUT2D eigenvalue weighted by molar-refractivity contribution is 0.848. The first-order valence-electron chi connectivity index (χ1n) is 8.94. The van der Waals surface area contributed by atoms with Crippen molar-refractivity contribution in [3.8, 4) is 11.3 Å². The molecule has 7 nitrogen and oxygen atoms in total. The van der Waals surface area contributed by atoms with Crippen LogP contribution in [0.15, 0.2) is 59.7 Å². The predicted octanol–water partition coefficient (Wildman–Crippen LogP) is 3.86. The fourth-order valence-corrected chi connectivity index (χ4v) is 3.42. The number of aryl methyl sites for hydroxylation is 2. The van der Waals surface area contributed by atoms with Crippen molar-refractivity contribution in [3.63, 3.8) is 0 Å². The zero-order valence-corrected chi connectivity index (χ0v) is 15.4. The summed E-state index contributed by atoms with van der Waals surface area (Å²) in [6.45, 7) is 2.03. The van der Waals surface area contributed by atoms with E-state index in [0.717, 1.165) is 44.4 Å². The highest BCUT2D eigenvalue weighted by Crippen LogP contribution is 2.25. The summed E-state index contributed by atoms with van der Waals surface area (Å²) in [5.74, 6) is 0.283. The molecule has 5 rings (SSSR count). The first-order valence-corrected chi connectivity index (χ1v) is 8.94. The first-order chi connectivity index (χ1) is 13.6. The Morgan fingerprint density at radius 2 is 1.93 bits per heavy atom. The molecule has 0 aliphatic rings. The van der Waals surface area contributed by atoms with E-state index < -0.39 is 0 Å². The Labute approximate surface area is 160 Å². The molecule has 0 atom stereocenters. The molecule has 0 saturated heterocycles. The van der Waals surface area contributed by atoms with Gasteiger partial charge in [-0.05, 0) is 42.6 Å². The summed E-state index contributed by atoms with van der Waals surface area (Å²) < 4.78 is 1.55. The van der Waals surface area contributed by atoms with Gasteiger partial charge < -0.3 is 14.9 Å². The van der Waals surface area contributed by atoms with Gasteiger partial charge in [-0.1, -0.05) is 12.1 Å². The Hall–Kier alpha value is -3.87. The van der Waals surface area contributed by atoms with Gasteiger partial charge in [0.2, 0.25) is 0 Å². The van der Waals surface area contributed by atoms with Crippen LogP contribution in [0, 0.1) is 6.92 Å². The summed E-state index contributed by atoms with van der Waals surface area (Å²) in [5, 5.41) is 12.2. The summed E-state index contributed by atoms with van der Waals surface area (Å²) in [4.78, 5) is 20.5. The van der Waals surface area contributed by atoms with Gasteiger partial charge in [0.1, 0.15) is 0 Å². The number of aromatic nitrogens is 5. The van der Waals surface area contributed by atoms with Crippen LogP contribution in [0.5, 0.6) is 0 Å². The lowest BCUT2D eigenvalue weighted by atomic mass is 10.1. The molecule has 0 radical (unpaired) electrons. The van der Waals surface area contributed by atoms with Crippen LogP contribution in [-0.2, 0) is 7.05 Å². The van der Waals surface area contributed by atoms with Crippen molar-refractivity contribution < 1.29 is 0 Å². The Balaban J connectivity index is 1.57. The van der Waals surface area contributed by atoms with Crippen LogP contribution in [0.3, 0.4) is 0 Å². The first kappa shape index (κ1) is 16.3. The van der Waals surface area contributed by atoms with E-state index in [2.05, 4.69) is 43.7 Å². The van der Waals surface area contributed by atoms with E-state index in [9.17, 15) is 4.79 Å². The Morgan fingerprint density at radius 1 is 1.04 bits per heavy atom. The van der Waals surface area contributed by atoms with Gasteiger partial charge >= 0.3 is 0 Å². The van der Waals surface area contributed by atoms with Crippen molar-refractivity contribution in [2.24, 2.45) is 7.05 Å². The third kappa shape index (κ3) is 2.73. The van der Waals surface area contributed by atoms with E-state index in [4.69, 9.17) is 0 Å². The second-order valence-electron chi connectivity index (χ2n) is 6.94. The number of benzene rings is 2. The zero-order valence-electron chi connectivity index (χ0n) is 15.4. The quantitative estimate of drug-likeness (QED) is 0.450. The van der Waals surface area contributed by atoms with Gasteiger partial charge in [-0.15, -0.1) is 0 Å². The van der Waals surface area contributed by atoms with Crippen LogP contribution in [0.2, 0.25) is 0 Å². The van der Waals surface area contributed by atoms with Crippen molar-refractivity contribution in [3.05, 3.63) is 70.9 Å². The predicted molar refractivity (Wildman–Crippen MR) is 111 cm³/mol. The van der Waals surface area contributed by atoms with E-state index in [1.807, 2.05) is 31.2 Å². The monoisotopic (exact) mass is 370 g/mol. The molecule has 0 bridgehead atoms. The maximum Gasteiger partial charge on any atom is 0.293 e. The Bertz CT molecular complexity index is 1390. The molecule has 3 aromatic heterocycles. The second kappa shape index (κ2) is 6.09. The van der Waals surface area contributed by atoms with Gasteiger partial charge in [0.15, 0.2) is 5.82 Å². The molecule has 0 fully saturated rings. The van der Waals surface area contributed by atoms with Crippen molar-refractivity contribution in [2.75, 3.05) is 5.32 Å². The molecular weight excluding hydrogens is 352 g/mol. The van der Waals surface area contributed by atoms with E-state index in [0.29, 0.717) is 0 Å². The summed E-state index contributed by atoms with van der Waals surface area (Å²) in [7, 11) is 1.73. The Kier molecular flexibility index (Phi) is 3.55.